The Morgan fingerprint density at radius 2 is 1.52 bits per heavy atom. The van der Waals surface area contributed by atoms with Crippen LogP contribution in [0.4, 0.5) is 5.69 Å². The predicted octanol–water partition coefficient (Wildman–Crippen LogP) is 9.58. The van der Waals surface area contributed by atoms with Gasteiger partial charge in [0.15, 0.2) is 5.84 Å². The van der Waals surface area contributed by atoms with Crippen LogP contribution in [0.15, 0.2) is 209 Å². The number of aromatic nitrogens is 1. The van der Waals surface area contributed by atoms with Crippen molar-refractivity contribution in [2.45, 2.75) is 31.0 Å². The molecule has 0 bridgehead atoms. The molecule has 278 valence electrons. The fraction of sp³-hybridized carbons (Fsp3) is 0.132. The smallest absolute Gasteiger partial charge is 0.159 e. The van der Waals surface area contributed by atoms with Crippen molar-refractivity contribution >= 4 is 45.7 Å². The lowest BCUT2D eigenvalue weighted by Gasteiger charge is -2.37. The molecular formula is C53H41N5. The molecule has 5 unspecified atom stereocenters. The van der Waals surface area contributed by atoms with Crippen molar-refractivity contribution in [2.75, 3.05) is 4.90 Å². The van der Waals surface area contributed by atoms with Crippen molar-refractivity contribution in [3.8, 4) is 0 Å². The largest absolute Gasteiger partial charge is 0.344 e. The van der Waals surface area contributed by atoms with Crippen molar-refractivity contribution in [2.24, 2.45) is 21.8 Å². The molecule has 1 aromatic heterocycles. The van der Waals surface area contributed by atoms with Gasteiger partial charge in [-0.05, 0) is 71.6 Å². The van der Waals surface area contributed by atoms with Crippen LogP contribution >= 0.6 is 0 Å². The van der Waals surface area contributed by atoms with Crippen LogP contribution < -0.4 is 20.8 Å². The summed E-state index contributed by atoms with van der Waals surface area (Å²) < 4.78 is 2.52. The first kappa shape index (κ1) is 33.2. The molecule has 5 aliphatic carbocycles. The molecule has 0 saturated heterocycles. The van der Waals surface area contributed by atoms with E-state index in [2.05, 4.69) is 179 Å². The number of rotatable bonds is 5. The standard InChI is InChI=1S/C53H41N5/c1-3-15-35(16-4-1)51-54-52(36-17-5-2-6-18-36)56-53(55-51)38-28-27-34-29-30-40(32-39(34)31-38)57-47-26-14-11-23-44(47)49-48(57)33-37-19-7-8-20-41(37)50(49)58-45-24-12-9-21-42(45)43-22-10-13-25-46(43)58/h1-19,21-26,28-34,41-42,45,51H,20,27H2,(H,54,55,56). The molecule has 2 aliphatic heterocycles. The Morgan fingerprint density at radius 3 is 2.43 bits per heavy atom. The topological polar surface area (TPSA) is 44.9 Å². The Morgan fingerprint density at radius 1 is 0.707 bits per heavy atom. The average molecular weight is 748 g/mol. The first-order valence-corrected chi connectivity index (χ1v) is 20.6. The highest BCUT2D eigenvalue weighted by Crippen LogP contribution is 2.49. The van der Waals surface area contributed by atoms with Gasteiger partial charge in [0, 0.05) is 56.6 Å². The van der Waals surface area contributed by atoms with Crippen LogP contribution in [0, 0.1) is 11.8 Å². The van der Waals surface area contributed by atoms with E-state index in [1.54, 1.807) is 0 Å². The zero-order valence-electron chi connectivity index (χ0n) is 32.0. The first-order valence-electron chi connectivity index (χ1n) is 20.6. The van der Waals surface area contributed by atoms with Gasteiger partial charge in [-0.25, -0.2) is 9.98 Å². The third-order valence-corrected chi connectivity index (χ3v) is 12.8. The van der Waals surface area contributed by atoms with E-state index in [1.165, 1.54) is 55.3 Å². The summed E-state index contributed by atoms with van der Waals surface area (Å²) in [6, 6.07) is 39.1. The van der Waals surface area contributed by atoms with Crippen LogP contribution in [0.3, 0.4) is 0 Å². The number of fused-ring (bicyclic) bond motifs is 8. The SMILES string of the molecule is C1=CCC2C(=C1)C=c1c(c3ccccc3n1C1=CC3=CC(C4=NC(c5ccccc5)=NC(c5ccccc5)N4)=CCC3C=C1)=C2N1c2ccccc2C2C=CC=CC21. The summed E-state index contributed by atoms with van der Waals surface area (Å²) in [5.41, 5.74) is 12.4. The highest BCUT2D eigenvalue weighted by atomic mass is 15.2. The number of benzene rings is 4. The summed E-state index contributed by atoms with van der Waals surface area (Å²) in [6.45, 7) is 0. The molecule has 5 heteroatoms. The monoisotopic (exact) mass is 747 g/mol. The second-order valence-corrected chi connectivity index (χ2v) is 16.1. The van der Waals surface area contributed by atoms with E-state index in [1.807, 2.05) is 24.3 Å². The second-order valence-electron chi connectivity index (χ2n) is 16.1. The summed E-state index contributed by atoms with van der Waals surface area (Å²) in [5, 5.41) is 7.59. The number of nitrogens with zero attached hydrogens (tertiary/aromatic N) is 4. The molecule has 0 spiro atoms. The molecule has 5 nitrogen and oxygen atoms in total. The molecule has 58 heavy (non-hydrogen) atoms. The minimum atomic E-state index is -0.234. The zero-order chi connectivity index (χ0) is 38.2. The Hall–Kier alpha value is -6.98. The normalized spacial score (nSPS) is 24.8. The Labute approximate surface area is 338 Å². The van der Waals surface area contributed by atoms with Gasteiger partial charge >= 0.3 is 0 Å². The van der Waals surface area contributed by atoms with Gasteiger partial charge in [-0.1, -0.05) is 152 Å². The lowest BCUT2D eigenvalue weighted by Crippen LogP contribution is -2.45. The third-order valence-electron chi connectivity index (χ3n) is 12.8. The summed E-state index contributed by atoms with van der Waals surface area (Å²) >= 11 is 0. The van der Waals surface area contributed by atoms with Crippen LogP contribution in [0.25, 0.3) is 28.4 Å². The number of para-hydroxylation sites is 2. The lowest BCUT2D eigenvalue weighted by atomic mass is 9.83. The van der Waals surface area contributed by atoms with Crippen LogP contribution in [0.1, 0.15) is 41.6 Å². The van der Waals surface area contributed by atoms with Gasteiger partial charge in [-0.15, -0.1) is 0 Å². The highest BCUT2D eigenvalue weighted by Gasteiger charge is 2.42. The third kappa shape index (κ3) is 5.23. The number of allylic oxidation sites excluding steroid dienone is 11. The van der Waals surface area contributed by atoms with Gasteiger partial charge in [-0.2, -0.15) is 0 Å². The Kier molecular flexibility index (Phi) is 7.62. The van der Waals surface area contributed by atoms with Crippen LogP contribution in [0.5, 0.6) is 0 Å². The minimum Gasteiger partial charge on any atom is -0.344 e. The van der Waals surface area contributed by atoms with Gasteiger partial charge in [0.25, 0.3) is 0 Å². The van der Waals surface area contributed by atoms with E-state index in [9.17, 15) is 0 Å². The van der Waals surface area contributed by atoms with Gasteiger partial charge < -0.3 is 14.8 Å². The summed E-state index contributed by atoms with van der Waals surface area (Å²) in [7, 11) is 0. The van der Waals surface area contributed by atoms with E-state index in [0.29, 0.717) is 11.8 Å². The second kappa shape index (κ2) is 13.3. The maximum absolute atomic E-state index is 5.15. The van der Waals surface area contributed by atoms with Gasteiger partial charge in [0.05, 0.1) is 16.9 Å². The molecule has 12 rings (SSSR count). The predicted molar refractivity (Wildman–Crippen MR) is 239 cm³/mol. The van der Waals surface area contributed by atoms with Crippen molar-refractivity contribution < 1.29 is 0 Å². The minimum absolute atomic E-state index is 0.232. The number of aliphatic imine (C=N–C) groups is 2. The van der Waals surface area contributed by atoms with Gasteiger partial charge in [0.1, 0.15) is 12.0 Å². The Balaban J connectivity index is 1.01. The van der Waals surface area contributed by atoms with Crippen molar-refractivity contribution in [3.63, 3.8) is 0 Å². The molecular weight excluding hydrogens is 707 g/mol. The average Bonchev–Trinajstić information content (AvgIpc) is 3.81. The van der Waals surface area contributed by atoms with E-state index in [-0.39, 0.29) is 18.1 Å². The maximum Gasteiger partial charge on any atom is 0.159 e. The van der Waals surface area contributed by atoms with Crippen LogP contribution in [-0.2, 0) is 0 Å². The fourth-order valence-electron chi connectivity index (χ4n) is 10.1. The molecule has 0 radical (unpaired) electrons. The molecule has 4 aromatic carbocycles. The number of amidine groups is 2. The number of anilines is 1. The van der Waals surface area contributed by atoms with E-state index < -0.39 is 0 Å². The molecule has 0 fully saturated rings. The summed E-state index contributed by atoms with van der Waals surface area (Å²) in [4.78, 5) is 12.9. The summed E-state index contributed by atoms with van der Waals surface area (Å²) in [6.07, 6.45) is 32.1. The molecule has 0 saturated carbocycles. The van der Waals surface area contributed by atoms with Crippen molar-refractivity contribution in [1.29, 1.82) is 0 Å². The van der Waals surface area contributed by atoms with Crippen molar-refractivity contribution in [3.05, 3.63) is 226 Å². The summed E-state index contributed by atoms with van der Waals surface area (Å²) in [5.74, 6) is 2.49. The molecule has 5 aromatic rings. The molecule has 1 N–H and O–H groups in total. The van der Waals surface area contributed by atoms with E-state index in [4.69, 9.17) is 9.98 Å². The number of hydrogen-bond donors (Lipinski definition) is 1. The van der Waals surface area contributed by atoms with Crippen LogP contribution in [0.2, 0.25) is 0 Å². The zero-order valence-corrected chi connectivity index (χ0v) is 32.0. The fourth-order valence-corrected chi connectivity index (χ4v) is 10.1. The van der Waals surface area contributed by atoms with Crippen LogP contribution in [-0.4, -0.2) is 22.3 Å². The molecule has 7 aliphatic rings. The quantitative estimate of drug-likeness (QED) is 0.195. The Bertz CT molecular complexity index is 3000. The lowest BCUT2D eigenvalue weighted by molar-refractivity contribution is 0.672. The van der Waals surface area contributed by atoms with Gasteiger partial charge in [0.2, 0.25) is 0 Å². The number of nitrogens with one attached hydrogen (secondary N) is 1. The van der Waals surface area contributed by atoms with E-state index >= 15 is 0 Å². The van der Waals surface area contributed by atoms with Crippen molar-refractivity contribution in [1.82, 2.24) is 9.88 Å². The molecule has 5 atom stereocenters. The molecule has 0 amide bonds. The highest BCUT2D eigenvalue weighted by molar-refractivity contribution is 6.14. The van der Waals surface area contributed by atoms with E-state index in [0.717, 1.165) is 41.2 Å². The first-order chi connectivity index (χ1) is 28.8. The molecule has 3 heterocycles. The van der Waals surface area contributed by atoms with Gasteiger partial charge in [-0.3, -0.25) is 0 Å². The number of hydrogen-bond acceptors (Lipinski definition) is 4. The maximum atomic E-state index is 5.15.